The second-order valence-corrected chi connectivity index (χ2v) is 7.77. The number of hydrogen-bond acceptors (Lipinski definition) is 3. The van der Waals surface area contributed by atoms with E-state index in [0.717, 1.165) is 28.3 Å². The lowest BCUT2D eigenvalue weighted by Crippen LogP contribution is -2.13. The van der Waals surface area contributed by atoms with Crippen LogP contribution < -0.4 is 4.72 Å². The summed E-state index contributed by atoms with van der Waals surface area (Å²) in [6.07, 6.45) is -4.58. The van der Waals surface area contributed by atoms with Crippen molar-refractivity contribution in [1.29, 1.82) is 0 Å². The van der Waals surface area contributed by atoms with Crippen LogP contribution >= 0.6 is 22.9 Å². The summed E-state index contributed by atoms with van der Waals surface area (Å²) < 4.78 is 64.2. The number of nitrogens with one attached hydrogen (secondary N) is 1. The monoisotopic (exact) mass is 355 g/mol. The Kier molecular flexibility index (Phi) is 4.23. The maximum Gasteiger partial charge on any atom is 0.416 e. The number of sulfonamides is 1. The molecule has 0 unspecified atom stereocenters. The zero-order valence-corrected chi connectivity index (χ0v) is 12.9. The summed E-state index contributed by atoms with van der Waals surface area (Å²) in [5.41, 5.74) is -1.29. The molecule has 0 atom stereocenters. The highest BCUT2D eigenvalue weighted by Crippen LogP contribution is 2.35. The van der Waals surface area contributed by atoms with Gasteiger partial charge in [-0.3, -0.25) is 4.72 Å². The van der Waals surface area contributed by atoms with Gasteiger partial charge in [0.2, 0.25) is 0 Å². The summed E-state index contributed by atoms with van der Waals surface area (Å²) in [6.45, 7) is 1.72. The summed E-state index contributed by atoms with van der Waals surface area (Å²) in [4.78, 5) is 0.769. The van der Waals surface area contributed by atoms with Gasteiger partial charge >= 0.3 is 6.18 Å². The number of benzene rings is 1. The van der Waals surface area contributed by atoms with Crippen LogP contribution in [-0.4, -0.2) is 8.42 Å². The Hall–Kier alpha value is -1.25. The first kappa shape index (κ1) is 16.1. The Labute approximate surface area is 128 Å². The van der Waals surface area contributed by atoms with Crippen molar-refractivity contribution in [2.75, 3.05) is 4.72 Å². The van der Waals surface area contributed by atoms with Gasteiger partial charge in [0.15, 0.2) is 0 Å². The van der Waals surface area contributed by atoms with Gasteiger partial charge in [-0.05, 0) is 37.3 Å². The molecule has 2 rings (SSSR count). The van der Waals surface area contributed by atoms with E-state index in [1.165, 1.54) is 6.07 Å². The lowest BCUT2D eigenvalue weighted by molar-refractivity contribution is -0.137. The first-order valence-corrected chi connectivity index (χ1v) is 8.23. The van der Waals surface area contributed by atoms with Gasteiger partial charge in [0, 0.05) is 4.88 Å². The maximum absolute atomic E-state index is 12.6. The minimum atomic E-state index is -4.58. The first-order chi connectivity index (χ1) is 9.59. The number of rotatable bonds is 3. The predicted molar refractivity (Wildman–Crippen MR) is 76.3 cm³/mol. The van der Waals surface area contributed by atoms with Crippen LogP contribution in [0.4, 0.5) is 18.9 Å². The molecule has 3 nitrogen and oxygen atoms in total. The van der Waals surface area contributed by atoms with Gasteiger partial charge in [-0.2, -0.15) is 13.2 Å². The molecule has 1 N–H and O–H groups in total. The van der Waals surface area contributed by atoms with Crippen LogP contribution in [0.15, 0.2) is 34.5 Å². The smallest absolute Gasteiger partial charge is 0.277 e. The van der Waals surface area contributed by atoms with Crippen LogP contribution in [0.25, 0.3) is 0 Å². The van der Waals surface area contributed by atoms with E-state index in [9.17, 15) is 21.6 Å². The third-order valence-electron chi connectivity index (χ3n) is 2.52. The van der Waals surface area contributed by atoms with Crippen LogP contribution in [0.1, 0.15) is 10.4 Å². The zero-order valence-electron chi connectivity index (χ0n) is 10.5. The lowest BCUT2D eigenvalue weighted by atomic mass is 10.2. The third-order valence-corrected chi connectivity index (χ3v) is 5.71. The van der Waals surface area contributed by atoms with Gasteiger partial charge in [0.1, 0.15) is 4.21 Å². The highest BCUT2D eigenvalue weighted by Gasteiger charge is 2.31. The molecule has 9 heteroatoms. The van der Waals surface area contributed by atoms with Gasteiger partial charge in [-0.1, -0.05) is 11.6 Å². The molecule has 114 valence electrons. The van der Waals surface area contributed by atoms with E-state index in [0.29, 0.717) is 6.07 Å². The molecule has 0 amide bonds. The average Bonchev–Trinajstić information content (AvgIpc) is 2.78. The number of alkyl halides is 3. The summed E-state index contributed by atoms with van der Waals surface area (Å²) >= 11 is 6.77. The van der Waals surface area contributed by atoms with Gasteiger partial charge in [-0.25, -0.2) is 8.42 Å². The van der Waals surface area contributed by atoms with Crippen molar-refractivity contribution in [3.8, 4) is 0 Å². The highest BCUT2D eigenvalue weighted by atomic mass is 35.5. The fourth-order valence-electron chi connectivity index (χ4n) is 1.53. The van der Waals surface area contributed by atoms with Crippen LogP contribution in [0, 0.1) is 6.92 Å². The molecule has 0 spiro atoms. The van der Waals surface area contributed by atoms with Crippen molar-refractivity contribution in [3.63, 3.8) is 0 Å². The molecule has 1 heterocycles. The normalized spacial score (nSPS) is 12.4. The van der Waals surface area contributed by atoms with E-state index < -0.39 is 21.8 Å². The van der Waals surface area contributed by atoms with Crippen LogP contribution in [0.5, 0.6) is 0 Å². The van der Waals surface area contributed by atoms with Gasteiger partial charge in [-0.15, -0.1) is 11.3 Å². The summed E-state index contributed by atoms with van der Waals surface area (Å²) in [5, 5.41) is -0.111. The molecular formula is C12H9ClF3NO2S2. The SMILES string of the molecule is Cc1ccc(S(=O)(=O)Nc2cc(C(F)(F)F)ccc2Cl)s1. The van der Waals surface area contributed by atoms with Gasteiger partial charge < -0.3 is 0 Å². The molecule has 1 aromatic heterocycles. The van der Waals surface area contributed by atoms with Crippen molar-refractivity contribution in [2.45, 2.75) is 17.3 Å². The van der Waals surface area contributed by atoms with Crippen LogP contribution in [0.3, 0.4) is 0 Å². The minimum Gasteiger partial charge on any atom is -0.277 e. The van der Waals surface area contributed by atoms with Crippen molar-refractivity contribution in [3.05, 3.63) is 45.8 Å². The Bertz CT molecular complexity index is 769. The number of halogens is 4. The number of aryl methyl sites for hydroxylation is 1. The van der Waals surface area contributed by atoms with E-state index >= 15 is 0 Å². The molecule has 0 aliphatic heterocycles. The van der Waals surface area contributed by atoms with Crippen molar-refractivity contribution < 1.29 is 21.6 Å². The summed E-state index contributed by atoms with van der Waals surface area (Å²) in [5.74, 6) is 0. The van der Waals surface area contributed by atoms with Gasteiger partial charge in [0.25, 0.3) is 10.0 Å². The zero-order chi connectivity index (χ0) is 15.8. The molecule has 1 aromatic carbocycles. The molecule has 0 bridgehead atoms. The number of anilines is 1. The minimum absolute atomic E-state index is 0.00785. The van der Waals surface area contributed by atoms with Crippen molar-refractivity contribution in [2.24, 2.45) is 0 Å². The second kappa shape index (κ2) is 5.51. The Morgan fingerprint density at radius 2 is 1.86 bits per heavy atom. The number of hydrogen-bond donors (Lipinski definition) is 1. The maximum atomic E-state index is 12.6. The van der Waals surface area contributed by atoms with Crippen molar-refractivity contribution >= 4 is 38.6 Å². The summed E-state index contributed by atoms with van der Waals surface area (Å²) in [7, 11) is -3.96. The predicted octanol–water partition coefficient (Wildman–Crippen LogP) is 4.53. The summed E-state index contributed by atoms with van der Waals surface area (Å²) in [6, 6.07) is 5.44. The molecule has 0 saturated carbocycles. The third kappa shape index (κ3) is 3.69. The highest BCUT2D eigenvalue weighted by molar-refractivity contribution is 7.94. The van der Waals surface area contributed by atoms with E-state index in [1.54, 1.807) is 13.0 Å². The topological polar surface area (TPSA) is 46.2 Å². The quantitative estimate of drug-likeness (QED) is 0.879. The standard InChI is InChI=1S/C12H9ClF3NO2S2/c1-7-2-5-11(20-7)21(18,19)17-10-6-8(12(14,15)16)3-4-9(10)13/h2-6,17H,1H3. The first-order valence-electron chi connectivity index (χ1n) is 5.55. The van der Waals surface area contributed by atoms with Gasteiger partial charge in [0.05, 0.1) is 16.3 Å². The van der Waals surface area contributed by atoms with E-state index in [1.807, 2.05) is 0 Å². The lowest BCUT2D eigenvalue weighted by Gasteiger charge is -2.12. The van der Waals surface area contributed by atoms with E-state index in [-0.39, 0.29) is 14.9 Å². The molecule has 0 radical (unpaired) electrons. The molecular weight excluding hydrogens is 347 g/mol. The molecule has 0 aliphatic rings. The Morgan fingerprint density at radius 1 is 1.19 bits per heavy atom. The number of thiophene rings is 1. The van der Waals surface area contributed by atoms with Crippen molar-refractivity contribution in [1.82, 2.24) is 0 Å². The molecule has 2 aromatic rings. The Balaban J connectivity index is 2.39. The van der Waals surface area contributed by atoms with Crippen LogP contribution in [-0.2, 0) is 16.2 Å². The fourth-order valence-corrected chi connectivity index (χ4v) is 4.11. The molecule has 0 aliphatic carbocycles. The molecule has 0 fully saturated rings. The van der Waals surface area contributed by atoms with E-state index in [4.69, 9.17) is 11.6 Å². The fraction of sp³-hybridized carbons (Fsp3) is 0.167. The average molecular weight is 356 g/mol. The largest absolute Gasteiger partial charge is 0.416 e. The Morgan fingerprint density at radius 3 is 2.38 bits per heavy atom. The van der Waals surface area contributed by atoms with E-state index in [2.05, 4.69) is 4.72 Å². The molecule has 21 heavy (non-hydrogen) atoms. The van der Waals surface area contributed by atoms with Crippen LogP contribution in [0.2, 0.25) is 5.02 Å². The molecule has 0 saturated heterocycles. The second-order valence-electron chi connectivity index (χ2n) is 4.16.